The summed E-state index contributed by atoms with van der Waals surface area (Å²) in [6, 6.07) is 6.21. The highest BCUT2D eigenvalue weighted by Gasteiger charge is 2.34. The largest absolute Gasteiger partial charge is 0.508 e. The molecule has 0 amide bonds. The van der Waals surface area contributed by atoms with Gasteiger partial charge < -0.3 is 9.84 Å². The smallest absolute Gasteiger partial charge is 0.317 e. The number of hydrogen-bond donors (Lipinski definition) is 1. The van der Waals surface area contributed by atoms with E-state index in [4.69, 9.17) is 9.84 Å². The van der Waals surface area contributed by atoms with E-state index in [1.54, 1.807) is 12.1 Å². The van der Waals surface area contributed by atoms with E-state index in [1.807, 2.05) is 20.8 Å². The number of benzene rings is 1. The van der Waals surface area contributed by atoms with Crippen LogP contribution in [-0.2, 0) is 4.79 Å². The van der Waals surface area contributed by atoms with Crippen molar-refractivity contribution in [2.75, 3.05) is 0 Å². The Kier molecular flexibility index (Phi) is 4.55. The zero-order valence-electron chi connectivity index (χ0n) is 10.7. The highest BCUT2D eigenvalue weighted by atomic mass is 16.5. The predicted molar refractivity (Wildman–Crippen MR) is 67.0 cm³/mol. The molecule has 0 aliphatic rings. The molecule has 0 aromatic heterocycles. The monoisotopic (exact) mass is 236 g/mol. The van der Waals surface area contributed by atoms with E-state index >= 15 is 0 Å². The molecule has 17 heavy (non-hydrogen) atoms. The number of carbonyl (C=O) groups is 1. The second-order valence-electron chi connectivity index (χ2n) is 4.22. The van der Waals surface area contributed by atoms with Gasteiger partial charge in [0.2, 0.25) is 0 Å². The summed E-state index contributed by atoms with van der Waals surface area (Å²) < 4.78 is 5.36. The average Bonchev–Trinajstić information content (AvgIpc) is 2.35. The van der Waals surface area contributed by atoms with Crippen LogP contribution in [0.15, 0.2) is 24.3 Å². The van der Waals surface area contributed by atoms with Crippen LogP contribution in [0.4, 0.5) is 0 Å². The maximum absolute atomic E-state index is 12.1. The second kappa shape index (κ2) is 5.71. The Balaban J connectivity index is 2.80. The van der Waals surface area contributed by atoms with E-state index in [1.165, 1.54) is 12.1 Å². The number of hydrogen-bond acceptors (Lipinski definition) is 3. The average molecular weight is 236 g/mol. The lowest BCUT2D eigenvalue weighted by Crippen LogP contribution is -2.33. The summed E-state index contributed by atoms with van der Waals surface area (Å²) in [5.74, 6) is 0.459. The van der Waals surface area contributed by atoms with Gasteiger partial charge in [0, 0.05) is 0 Å². The number of phenolic OH excluding ortho intramolecular Hbond substituents is 1. The maximum Gasteiger partial charge on any atom is 0.317 e. The zero-order chi connectivity index (χ0) is 12.9. The van der Waals surface area contributed by atoms with Gasteiger partial charge in [-0.2, -0.15) is 0 Å². The van der Waals surface area contributed by atoms with E-state index in [-0.39, 0.29) is 11.7 Å². The van der Waals surface area contributed by atoms with Crippen LogP contribution in [0.3, 0.4) is 0 Å². The molecular formula is C14H20O3. The zero-order valence-corrected chi connectivity index (χ0v) is 10.7. The van der Waals surface area contributed by atoms with Gasteiger partial charge >= 0.3 is 5.97 Å². The summed E-state index contributed by atoms with van der Waals surface area (Å²) in [5.41, 5.74) is -0.391. The van der Waals surface area contributed by atoms with E-state index in [0.717, 1.165) is 19.3 Å². The molecule has 3 heteroatoms. The van der Waals surface area contributed by atoms with Gasteiger partial charge in [-0.15, -0.1) is 0 Å². The molecule has 0 unspecified atom stereocenters. The van der Waals surface area contributed by atoms with Crippen LogP contribution in [-0.4, -0.2) is 11.1 Å². The van der Waals surface area contributed by atoms with Crippen molar-refractivity contribution in [3.05, 3.63) is 24.3 Å². The van der Waals surface area contributed by atoms with Crippen LogP contribution in [0, 0.1) is 5.41 Å². The van der Waals surface area contributed by atoms with E-state index in [2.05, 4.69) is 0 Å². The van der Waals surface area contributed by atoms with Gasteiger partial charge in [-0.1, -0.05) is 20.8 Å². The number of ether oxygens (including phenoxy) is 1. The fourth-order valence-electron chi connectivity index (χ4n) is 1.91. The third-order valence-corrected chi connectivity index (χ3v) is 3.51. The first kappa shape index (κ1) is 13.6. The molecule has 0 saturated heterocycles. The van der Waals surface area contributed by atoms with Crippen LogP contribution in [0.25, 0.3) is 0 Å². The van der Waals surface area contributed by atoms with Gasteiger partial charge in [0.25, 0.3) is 0 Å². The van der Waals surface area contributed by atoms with Gasteiger partial charge in [-0.3, -0.25) is 4.79 Å². The van der Waals surface area contributed by atoms with Crippen molar-refractivity contribution in [2.24, 2.45) is 5.41 Å². The lowest BCUT2D eigenvalue weighted by Gasteiger charge is -2.27. The molecule has 0 saturated carbocycles. The van der Waals surface area contributed by atoms with Crippen LogP contribution >= 0.6 is 0 Å². The Bertz CT molecular complexity index is 355. The Hall–Kier alpha value is -1.51. The van der Waals surface area contributed by atoms with Crippen molar-refractivity contribution in [1.29, 1.82) is 0 Å². The normalized spacial score (nSPS) is 11.2. The minimum Gasteiger partial charge on any atom is -0.508 e. The lowest BCUT2D eigenvalue weighted by atomic mass is 9.80. The molecule has 0 bridgehead atoms. The van der Waals surface area contributed by atoms with E-state index in [0.29, 0.717) is 5.75 Å². The standard InChI is InChI=1S/C14H20O3/c1-4-14(5-2,6-3)13(16)17-12-9-7-11(15)8-10-12/h7-10,15H,4-6H2,1-3H3. The minimum atomic E-state index is -0.391. The topological polar surface area (TPSA) is 46.5 Å². The van der Waals surface area contributed by atoms with Crippen molar-refractivity contribution in [3.63, 3.8) is 0 Å². The molecule has 1 rings (SSSR count). The third-order valence-electron chi connectivity index (χ3n) is 3.51. The molecule has 0 fully saturated rings. The number of phenols is 1. The first-order valence-electron chi connectivity index (χ1n) is 6.09. The second-order valence-corrected chi connectivity index (χ2v) is 4.22. The summed E-state index contributed by atoms with van der Waals surface area (Å²) >= 11 is 0. The fourth-order valence-corrected chi connectivity index (χ4v) is 1.91. The molecule has 94 valence electrons. The van der Waals surface area contributed by atoms with Crippen LogP contribution in [0.2, 0.25) is 0 Å². The molecular weight excluding hydrogens is 216 g/mol. The molecule has 0 spiro atoms. The SMILES string of the molecule is CCC(CC)(CC)C(=O)Oc1ccc(O)cc1. The Labute approximate surface area is 102 Å². The molecule has 1 N–H and O–H groups in total. The summed E-state index contributed by atoms with van der Waals surface area (Å²) in [4.78, 5) is 12.1. The van der Waals surface area contributed by atoms with Crippen molar-refractivity contribution in [1.82, 2.24) is 0 Å². The molecule has 1 aromatic carbocycles. The van der Waals surface area contributed by atoms with Gasteiger partial charge in [-0.05, 0) is 43.5 Å². The number of carbonyl (C=O) groups excluding carboxylic acids is 1. The highest BCUT2D eigenvalue weighted by Crippen LogP contribution is 2.32. The van der Waals surface area contributed by atoms with E-state index < -0.39 is 5.41 Å². The van der Waals surface area contributed by atoms with Crippen molar-refractivity contribution in [2.45, 2.75) is 40.0 Å². The molecule has 1 aromatic rings. The van der Waals surface area contributed by atoms with Crippen LogP contribution < -0.4 is 4.74 Å². The predicted octanol–water partition coefficient (Wildman–Crippen LogP) is 3.51. The number of rotatable bonds is 5. The fraction of sp³-hybridized carbons (Fsp3) is 0.500. The van der Waals surface area contributed by atoms with Gasteiger partial charge in [0.05, 0.1) is 5.41 Å². The number of esters is 1. The minimum absolute atomic E-state index is 0.164. The Morgan fingerprint density at radius 3 is 2.00 bits per heavy atom. The first-order valence-corrected chi connectivity index (χ1v) is 6.09. The van der Waals surface area contributed by atoms with Crippen molar-refractivity contribution in [3.8, 4) is 11.5 Å². The molecule has 0 atom stereocenters. The van der Waals surface area contributed by atoms with Crippen LogP contribution in [0.5, 0.6) is 11.5 Å². The third kappa shape index (κ3) is 2.99. The Morgan fingerprint density at radius 2 is 1.59 bits per heavy atom. The lowest BCUT2D eigenvalue weighted by molar-refractivity contribution is -0.146. The quantitative estimate of drug-likeness (QED) is 0.628. The molecule has 3 nitrogen and oxygen atoms in total. The van der Waals surface area contributed by atoms with Gasteiger partial charge in [0.15, 0.2) is 0 Å². The molecule has 0 aliphatic carbocycles. The highest BCUT2D eigenvalue weighted by molar-refractivity contribution is 5.79. The molecule has 0 heterocycles. The van der Waals surface area contributed by atoms with E-state index in [9.17, 15) is 4.79 Å². The summed E-state index contributed by atoms with van der Waals surface area (Å²) in [6.45, 7) is 6.02. The summed E-state index contributed by atoms with van der Waals surface area (Å²) in [6.07, 6.45) is 2.32. The van der Waals surface area contributed by atoms with Crippen molar-refractivity contribution < 1.29 is 14.6 Å². The summed E-state index contributed by atoms with van der Waals surface area (Å²) in [7, 11) is 0. The molecule has 0 aliphatic heterocycles. The van der Waals surface area contributed by atoms with Crippen LogP contribution in [0.1, 0.15) is 40.0 Å². The van der Waals surface area contributed by atoms with Crippen molar-refractivity contribution >= 4 is 5.97 Å². The Morgan fingerprint density at radius 1 is 1.12 bits per heavy atom. The van der Waals surface area contributed by atoms with Gasteiger partial charge in [-0.25, -0.2) is 0 Å². The first-order chi connectivity index (χ1) is 8.07. The molecule has 0 radical (unpaired) electrons. The summed E-state index contributed by atoms with van der Waals surface area (Å²) in [5, 5.41) is 9.15. The number of aromatic hydroxyl groups is 1. The van der Waals surface area contributed by atoms with Gasteiger partial charge in [0.1, 0.15) is 11.5 Å². The maximum atomic E-state index is 12.1.